The van der Waals surface area contributed by atoms with Crippen LogP contribution in [0.25, 0.3) is 32.2 Å². The molecule has 0 aliphatic rings. The molecular formula is C25H28Cl2N2Zr. The van der Waals surface area contributed by atoms with Crippen LogP contribution in [0.1, 0.15) is 25.0 Å². The monoisotopic (exact) mass is 516 g/mol. The molecule has 156 valence electrons. The van der Waals surface area contributed by atoms with Gasteiger partial charge in [-0.15, -0.1) is 56.9 Å². The van der Waals surface area contributed by atoms with Crippen LogP contribution in [0.5, 0.6) is 0 Å². The van der Waals surface area contributed by atoms with E-state index in [0.29, 0.717) is 0 Å². The maximum Gasteiger partial charge on any atom is 4.00 e. The molecule has 0 amide bonds. The third kappa shape index (κ3) is 6.52. The first-order chi connectivity index (χ1) is 13.8. The summed E-state index contributed by atoms with van der Waals surface area (Å²) in [6.07, 6.45) is 0. The van der Waals surface area contributed by atoms with Gasteiger partial charge in [-0.1, -0.05) is 61.3 Å². The normalized spacial score (nSPS) is 10.7. The largest absolute Gasteiger partial charge is 4.00 e. The Kier molecular flexibility index (Phi) is 11.0. The molecule has 5 heteroatoms. The van der Waals surface area contributed by atoms with Gasteiger partial charge in [-0.3, -0.25) is 0 Å². The SMILES string of the molecule is CC(C)(c1cc2cc(Cl)ccc2[cH-]1)c1cc2cc(Cl)ccc2[cH-]1.C[N-]C.C[N-]C.[Zr+4]. The molecule has 4 rings (SSSR count). The van der Waals surface area contributed by atoms with Gasteiger partial charge < -0.3 is 10.6 Å². The molecule has 0 unspecified atom stereocenters. The molecule has 0 radical (unpaired) electrons. The molecule has 2 nitrogen and oxygen atoms in total. The van der Waals surface area contributed by atoms with Crippen molar-refractivity contribution in [3.8, 4) is 0 Å². The van der Waals surface area contributed by atoms with Crippen LogP contribution in [0.15, 0.2) is 60.7 Å². The summed E-state index contributed by atoms with van der Waals surface area (Å²) in [5.41, 5.74) is 2.53. The number of rotatable bonds is 2. The fraction of sp³-hybridized carbons (Fsp3) is 0.280. The molecule has 4 aromatic carbocycles. The summed E-state index contributed by atoms with van der Waals surface area (Å²) in [4.78, 5) is 0. The quantitative estimate of drug-likeness (QED) is 0.239. The molecule has 0 aliphatic carbocycles. The van der Waals surface area contributed by atoms with Crippen molar-refractivity contribution in [1.82, 2.24) is 0 Å². The maximum atomic E-state index is 6.11. The first-order valence-electron chi connectivity index (χ1n) is 9.45. The second-order valence-electron chi connectivity index (χ2n) is 7.55. The third-order valence-electron chi connectivity index (χ3n) is 4.79. The van der Waals surface area contributed by atoms with E-state index in [4.69, 9.17) is 23.2 Å². The number of hydrogen-bond donors (Lipinski definition) is 0. The van der Waals surface area contributed by atoms with Gasteiger partial charge in [0.15, 0.2) is 0 Å². The Bertz CT molecular complexity index is 980. The van der Waals surface area contributed by atoms with Crippen molar-refractivity contribution in [2.75, 3.05) is 28.2 Å². The molecule has 0 saturated heterocycles. The van der Waals surface area contributed by atoms with E-state index in [1.54, 1.807) is 28.2 Å². The Morgan fingerprint density at radius 2 is 1.00 bits per heavy atom. The van der Waals surface area contributed by atoms with Gasteiger partial charge in [-0.05, 0) is 5.41 Å². The van der Waals surface area contributed by atoms with Gasteiger partial charge in [-0.2, -0.15) is 40.3 Å². The minimum Gasteiger partial charge on any atom is -0.668 e. The Balaban J connectivity index is 0.000000579. The smallest absolute Gasteiger partial charge is 0.668 e. The zero-order valence-corrected chi connectivity index (χ0v) is 22.4. The topological polar surface area (TPSA) is 28.2 Å². The summed E-state index contributed by atoms with van der Waals surface area (Å²) in [6, 6.07) is 21.1. The van der Waals surface area contributed by atoms with E-state index in [9.17, 15) is 0 Å². The fourth-order valence-electron chi connectivity index (χ4n) is 3.25. The van der Waals surface area contributed by atoms with Crippen LogP contribution >= 0.6 is 23.2 Å². The second-order valence-corrected chi connectivity index (χ2v) is 8.43. The first-order valence-corrected chi connectivity index (χ1v) is 10.2. The summed E-state index contributed by atoms with van der Waals surface area (Å²) in [5, 5.41) is 13.4. The van der Waals surface area contributed by atoms with Crippen molar-refractivity contribution in [3.05, 3.63) is 92.5 Å². The molecule has 0 aliphatic heterocycles. The fourth-order valence-corrected chi connectivity index (χ4v) is 3.61. The predicted octanol–water partition coefficient (Wildman–Crippen LogP) is 8.30. The Labute approximate surface area is 209 Å². The molecule has 0 fully saturated rings. The maximum absolute atomic E-state index is 6.11. The minimum absolute atomic E-state index is 0. The average Bonchev–Trinajstić information content (AvgIpc) is 3.27. The molecule has 0 spiro atoms. The van der Waals surface area contributed by atoms with E-state index in [1.165, 1.54) is 32.7 Å². The third-order valence-corrected chi connectivity index (χ3v) is 5.26. The van der Waals surface area contributed by atoms with Gasteiger partial charge >= 0.3 is 26.2 Å². The summed E-state index contributed by atoms with van der Waals surface area (Å²) in [5.74, 6) is 0. The Morgan fingerprint density at radius 3 is 1.33 bits per heavy atom. The van der Waals surface area contributed by atoms with Crippen molar-refractivity contribution in [2.24, 2.45) is 0 Å². The zero-order chi connectivity index (χ0) is 21.6. The van der Waals surface area contributed by atoms with Crippen LogP contribution in [0.3, 0.4) is 0 Å². The van der Waals surface area contributed by atoms with Gasteiger partial charge in [-0.25, -0.2) is 0 Å². The van der Waals surface area contributed by atoms with E-state index in [-0.39, 0.29) is 31.6 Å². The van der Waals surface area contributed by atoms with Gasteiger partial charge in [0.2, 0.25) is 0 Å². The van der Waals surface area contributed by atoms with Crippen molar-refractivity contribution >= 4 is 44.7 Å². The molecular weight excluding hydrogens is 490 g/mol. The molecule has 0 N–H and O–H groups in total. The van der Waals surface area contributed by atoms with Gasteiger partial charge in [0.05, 0.1) is 0 Å². The molecule has 0 aromatic heterocycles. The molecule has 0 bridgehead atoms. The van der Waals surface area contributed by atoms with E-state index < -0.39 is 0 Å². The summed E-state index contributed by atoms with van der Waals surface area (Å²) in [7, 11) is 7.00. The van der Waals surface area contributed by atoms with Crippen LogP contribution in [0, 0.1) is 0 Å². The van der Waals surface area contributed by atoms with Crippen LogP contribution in [-0.4, -0.2) is 28.2 Å². The number of benzene rings is 2. The van der Waals surface area contributed by atoms with Gasteiger partial charge in [0, 0.05) is 10.0 Å². The Hall–Kier alpha value is -0.957. The number of hydrogen-bond acceptors (Lipinski definition) is 0. The second kappa shape index (κ2) is 12.2. The van der Waals surface area contributed by atoms with Crippen molar-refractivity contribution in [3.63, 3.8) is 0 Å². The molecule has 0 saturated carbocycles. The van der Waals surface area contributed by atoms with E-state index in [2.05, 4.69) is 60.9 Å². The van der Waals surface area contributed by atoms with E-state index >= 15 is 0 Å². The minimum atomic E-state index is -0.0724. The average molecular weight is 519 g/mol. The summed E-state index contributed by atoms with van der Waals surface area (Å²) in [6.45, 7) is 4.53. The van der Waals surface area contributed by atoms with E-state index in [1.807, 2.05) is 24.3 Å². The summed E-state index contributed by atoms with van der Waals surface area (Å²) >= 11 is 12.2. The molecule has 0 atom stereocenters. The van der Waals surface area contributed by atoms with Crippen LogP contribution in [0.2, 0.25) is 10.0 Å². The van der Waals surface area contributed by atoms with Crippen molar-refractivity contribution in [2.45, 2.75) is 19.3 Å². The molecule has 30 heavy (non-hydrogen) atoms. The zero-order valence-electron chi connectivity index (χ0n) is 18.4. The van der Waals surface area contributed by atoms with Crippen LogP contribution < -0.4 is 0 Å². The Morgan fingerprint density at radius 1 is 0.667 bits per heavy atom. The van der Waals surface area contributed by atoms with Gasteiger partial charge in [0.1, 0.15) is 0 Å². The molecule has 0 heterocycles. The standard InChI is InChI=1S/C21H16Cl2.2C2H6N.Zr/c1-21(2,17-7-13-3-5-19(22)11-15(13)9-17)18-8-14-4-6-20(23)12-16(14)10-18;2*1-3-2;/h3-12H,1-2H3;2*1-2H3;/q-2;2*-1;+4. The van der Waals surface area contributed by atoms with Crippen LogP contribution in [-0.2, 0) is 31.6 Å². The van der Waals surface area contributed by atoms with Crippen molar-refractivity contribution < 1.29 is 26.2 Å². The summed E-state index contributed by atoms with van der Waals surface area (Å²) < 4.78 is 0. The number of fused-ring (bicyclic) bond motifs is 2. The van der Waals surface area contributed by atoms with Gasteiger partial charge in [0.25, 0.3) is 0 Å². The number of nitrogens with zero attached hydrogens (tertiary/aromatic N) is 2. The van der Waals surface area contributed by atoms with E-state index in [0.717, 1.165) is 10.0 Å². The molecule has 4 aromatic rings. The van der Waals surface area contributed by atoms with Crippen molar-refractivity contribution in [1.29, 1.82) is 0 Å². The van der Waals surface area contributed by atoms with Crippen LogP contribution in [0.4, 0.5) is 0 Å². The first kappa shape index (κ1) is 27.1. The predicted molar refractivity (Wildman–Crippen MR) is 132 cm³/mol. The number of halogens is 2.